The molecule has 0 amide bonds. The van der Waals surface area contributed by atoms with Crippen LogP contribution in [-0.2, 0) is 42.9 Å². The highest BCUT2D eigenvalue weighted by Gasteiger charge is 2.50. The van der Waals surface area contributed by atoms with Crippen molar-refractivity contribution >= 4 is 23.9 Å². The maximum atomic E-state index is 13.2. The van der Waals surface area contributed by atoms with Crippen LogP contribution in [0.4, 0.5) is 0 Å². The van der Waals surface area contributed by atoms with Gasteiger partial charge in [0, 0.05) is 19.3 Å². The number of allylic oxidation sites excluding steroid dienone is 2. The monoisotopic (exact) mass is 1060 g/mol. The summed E-state index contributed by atoms with van der Waals surface area (Å²) in [6, 6.07) is 0. The Labute approximate surface area is 458 Å². The molecule has 1 rings (SSSR count). The fourth-order valence-corrected chi connectivity index (χ4v) is 9.95. The van der Waals surface area contributed by atoms with Crippen LogP contribution in [0.25, 0.3) is 0 Å². The summed E-state index contributed by atoms with van der Waals surface area (Å²) < 4.78 is 28.5. The van der Waals surface area contributed by atoms with Gasteiger partial charge in [0.05, 0.1) is 6.61 Å². The molecular formula is C63H116O12. The second-order valence-corrected chi connectivity index (χ2v) is 22.1. The minimum absolute atomic E-state index is 0.0687. The molecule has 1 aliphatic rings. The van der Waals surface area contributed by atoms with Crippen molar-refractivity contribution in [3.05, 3.63) is 12.2 Å². The van der Waals surface area contributed by atoms with E-state index in [1.54, 1.807) is 0 Å². The molecule has 0 bridgehead atoms. The van der Waals surface area contributed by atoms with Gasteiger partial charge in [-0.2, -0.15) is 0 Å². The van der Waals surface area contributed by atoms with E-state index in [1.165, 1.54) is 199 Å². The fourth-order valence-electron chi connectivity index (χ4n) is 9.95. The molecule has 1 aliphatic heterocycles. The number of aliphatic hydroxyl groups is 2. The standard InChI is InChI=1S/C63H116O12/c1-4-7-10-13-16-19-22-25-26-27-28-29-30-33-34-37-40-43-46-49-55(64)71-52-54(73-56(65)50-47-44-41-38-35-31-23-20-17-14-11-8-5-2)53-72-63-61(59(68)58(67)60(75-63)62(69)70)74-57(66)51-48-45-42-39-36-32-24-21-18-15-12-9-6-3/h25-26,54,58-61,63,67-68H,4-24,27-53H2,1-3H3,(H,69,70)/b26-25-. The summed E-state index contributed by atoms with van der Waals surface area (Å²) in [5, 5.41) is 31.5. The van der Waals surface area contributed by atoms with Crippen molar-refractivity contribution in [3.8, 4) is 0 Å². The molecule has 12 nitrogen and oxygen atoms in total. The van der Waals surface area contributed by atoms with Crippen molar-refractivity contribution < 1.29 is 58.2 Å². The SMILES string of the molecule is CCCCCCCC/C=C\CCCCCCCCCCCC(=O)OCC(COC1OC(C(=O)O)C(O)C(O)C1OC(=O)CCCCCCCCCCCCCCC)OC(=O)CCCCCCCCCCCCCCC. The Kier molecular flexibility index (Phi) is 49.0. The Morgan fingerprint density at radius 2 is 0.760 bits per heavy atom. The third kappa shape index (κ3) is 42.1. The van der Waals surface area contributed by atoms with E-state index in [2.05, 4.69) is 32.9 Å². The minimum atomic E-state index is -1.90. The molecule has 12 heteroatoms. The summed E-state index contributed by atoms with van der Waals surface area (Å²) in [5.74, 6) is -3.08. The van der Waals surface area contributed by atoms with Crippen molar-refractivity contribution in [1.82, 2.24) is 0 Å². The number of unbranched alkanes of at least 4 members (excludes halogenated alkanes) is 39. The van der Waals surface area contributed by atoms with Crippen LogP contribution in [0.15, 0.2) is 12.2 Å². The number of carboxylic acid groups (broad SMARTS) is 1. The van der Waals surface area contributed by atoms with E-state index in [1.807, 2.05) is 0 Å². The number of ether oxygens (including phenoxy) is 5. The first kappa shape index (κ1) is 70.5. The van der Waals surface area contributed by atoms with Crippen LogP contribution in [0.2, 0.25) is 0 Å². The lowest BCUT2D eigenvalue weighted by atomic mass is 9.98. The van der Waals surface area contributed by atoms with Gasteiger partial charge >= 0.3 is 23.9 Å². The number of carboxylic acids is 1. The van der Waals surface area contributed by atoms with Gasteiger partial charge in [-0.25, -0.2) is 4.79 Å². The highest BCUT2D eigenvalue weighted by Crippen LogP contribution is 2.27. The summed E-state index contributed by atoms with van der Waals surface area (Å²) in [7, 11) is 0. The smallest absolute Gasteiger partial charge is 0.335 e. The number of carbonyl (C=O) groups is 4. The molecule has 0 aromatic carbocycles. The maximum Gasteiger partial charge on any atom is 0.335 e. The average Bonchev–Trinajstić information content (AvgIpc) is 3.39. The van der Waals surface area contributed by atoms with Crippen molar-refractivity contribution in [3.63, 3.8) is 0 Å². The Bertz CT molecular complexity index is 1360. The molecule has 0 aromatic heterocycles. The van der Waals surface area contributed by atoms with E-state index >= 15 is 0 Å². The molecule has 1 heterocycles. The first-order valence-corrected chi connectivity index (χ1v) is 31.7. The Morgan fingerprint density at radius 3 is 1.13 bits per heavy atom. The number of hydrogen-bond acceptors (Lipinski definition) is 11. The topological polar surface area (TPSA) is 175 Å². The predicted molar refractivity (Wildman–Crippen MR) is 304 cm³/mol. The fraction of sp³-hybridized carbons (Fsp3) is 0.905. The molecule has 0 spiro atoms. The number of aliphatic carboxylic acids is 1. The molecule has 0 radical (unpaired) electrons. The van der Waals surface area contributed by atoms with Gasteiger partial charge in [0.2, 0.25) is 0 Å². The van der Waals surface area contributed by atoms with Crippen molar-refractivity contribution in [2.45, 2.75) is 353 Å². The number of rotatable bonds is 55. The minimum Gasteiger partial charge on any atom is -0.479 e. The van der Waals surface area contributed by atoms with Crippen molar-refractivity contribution in [2.75, 3.05) is 13.2 Å². The van der Waals surface area contributed by atoms with E-state index in [4.69, 9.17) is 23.7 Å². The molecule has 1 fully saturated rings. The third-order valence-corrected chi connectivity index (χ3v) is 14.8. The molecule has 0 aromatic rings. The lowest BCUT2D eigenvalue weighted by Gasteiger charge is -2.40. The summed E-state index contributed by atoms with van der Waals surface area (Å²) >= 11 is 0. The van der Waals surface area contributed by atoms with Gasteiger partial charge in [0.25, 0.3) is 0 Å². The number of esters is 3. The summed E-state index contributed by atoms with van der Waals surface area (Å²) in [6.45, 7) is 6.03. The third-order valence-electron chi connectivity index (χ3n) is 14.8. The molecule has 6 atom stereocenters. The van der Waals surface area contributed by atoms with Gasteiger partial charge in [-0.15, -0.1) is 0 Å². The zero-order chi connectivity index (χ0) is 54.7. The van der Waals surface area contributed by atoms with Gasteiger partial charge in [-0.1, -0.05) is 264 Å². The predicted octanol–water partition coefficient (Wildman–Crippen LogP) is 16.5. The summed E-state index contributed by atoms with van der Waals surface area (Å²) in [6.07, 6.45) is 46.0. The van der Waals surface area contributed by atoms with Gasteiger partial charge in [-0.3, -0.25) is 14.4 Å². The van der Waals surface area contributed by atoms with Crippen LogP contribution >= 0.6 is 0 Å². The van der Waals surface area contributed by atoms with Crippen LogP contribution in [-0.4, -0.2) is 89.2 Å². The number of hydrogen-bond donors (Lipinski definition) is 3. The van der Waals surface area contributed by atoms with Crippen LogP contribution in [0.3, 0.4) is 0 Å². The molecule has 6 unspecified atom stereocenters. The van der Waals surface area contributed by atoms with Crippen molar-refractivity contribution in [1.29, 1.82) is 0 Å². The normalized spacial score (nSPS) is 18.1. The summed E-state index contributed by atoms with van der Waals surface area (Å²) in [4.78, 5) is 51.2. The quantitative estimate of drug-likeness (QED) is 0.0228. The highest BCUT2D eigenvalue weighted by molar-refractivity contribution is 5.74. The van der Waals surface area contributed by atoms with E-state index in [0.29, 0.717) is 19.3 Å². The van der Waals surface area contributed by atoms with E-state index in [0.717, 1.165) is 57.8 Å². The van der Waals surface area contributed by atoms with E-state index in [9.17, 15) is 34.5 Å². The maximum absolute atomic E-state index is 13.2. The second kappa shape index (κ2) is 52.2. The molecule has 75 heavy (non-hydrogen) atoms. The van der Waals surface area contributed by atoms with Crippen LogP contribution in [0, 0.1) is 0 Å². The van der Waals surface area contributed by atoms with Crippen molar-refractivity contribution in [2.24, 2.45) is 0 Å². The lowest BCUT2D eigenvalue weighted by Crippen LogP contribution is -2.61. The van der Waals surface area contributed by atoms with Gasteiger partial charge in [0.1, 0.15) is 18.8 Å². The number of carbonyl (C=O) groups excluding carboxylic acids is 3. The summed E-state index contributed by atoms with van der Waals surface area (Å²) in [5.41, 5.74) is 0. The highest BCUT2D eigenvalue weighted by atomic mass is 16.7. The van der Waals surface area contributed by atoms with Crippen LogP contribution in [0.5, 0.6) is 0 Å². The lowest BCUT2D eigenvalue weighted by molar-refractivity contribution is -0.301. The Balaban J connectivity index is 2.63. The zero-order valence-electron chi connectivity index (χ0n) is 48.6. The van der Waals surface area contributed by atoms with Crippen LogP contribution in [0.1, 0.15) is 316 Å². The van der Waals surface area contributed by atoms with Gasteiger partial charge in [-0.05, 0) is 44.9 Å². The number of aliphatic hydroxyl groups excluding tert-OH is 2. The first-order chi connectivity index (χ1) is 36.6. The average molecular weight is 1070 g/mol. The van der Waals surface area contributed by atoms with Gasteiger partial charge < -0.3 is 39.0 Å². The molecule has 0 aliphatic carbocycles. The molecule has 1 saturated heterocycles. The van der Waals surface area contributed by atoms with E-state index < -0.39 is 67.3 Å². The van der Waals surface area contributed by atoms with Gasteiger partial charge in [0.15, 0.2) is 24.6 Å². The second-order valence-electron chi connectivity index (χ2n) is 22.1. The largest absolute Gasteiger partial charge is 0.479 e. The molecule has 0 saturated carbocycles. The first-order valence-electron chi connectivity index (χ1n) is 31.7. The van der Waals surface area contributed by atoms with Crippen LogP contribution < -0.4 is 0 Å². The zero-order valence-corrected chi connectivity index (χ0v) is 48.6. The molecule has 3 N–H and O–H groups in total. The Hall–Kier alpha value is -2.54. The molecular weight excluding hydrogens is 949 g/mol. The Morgan fingerprint density at radius 1 is 0.427 bits per heavy atom. The molecule has 440 valence electrons. The van der Waals surface area contributed by atoms with E-state index in [-0.39, 0.29) is 25.9 Å².